The molecule has 1 fully saturated rings. The van der Waals surface area contributed by atoms with Gasteiger partial charge in [-0.3, -0.25) is 14.5 Å². The van der Waals surface area contributed by atoms with Crippen molar-refractivity contribution in [1.82, 2.24) is 10.2 Å². The van der Waals surface area contributed by atoms with Gasteiger partial charge in [0.2, 0.25) is 5.91 Å². The van der Waals surface area contributed by atoms with Gasteiger partial charge in [0.1, 0.15) is 17.9 Å². The van der Waals surface area contributed by atoms with Gasteiger partial charge in [-0.2, -0.15) is 0 Å². The summed E-state index contributed by atoms with van der Waals surface area (Å²) in [6, 6.07) is 12.2. The number of carbonyl (C=O) groups excluding carboxylic acids is 3. The van der Waals surface area contributed by atoms with Gasteiger partial charge in [0.25, 0.3) is 5.91 Å². The van der Waals surface area contributed by atoms with Crippen LogP contribution in [0.2, 0.25) is 0 Å². The fourth-order valence-corrected chi connectivity index (χ4v) is 3.61. The number of nitrogens with one attached hydrogen (secondary N) is 2. The fraction of sp³-hybridized carbons (Fsp3) is 0.211. The van der Waals surface area contributed by atoms with E-state index in [1.807, 2.05) is 24.3 Å². The van der Waals surface area contributed by atoms with Crippen LogP contribution in [-0.4, -0.2) is 29.3 Å². The highest BCUT2D eigenvalue weighted by molar-refractivity contribution is 6.10. The second kappa shape index (κ2) is 5.94. The molecule has 0 unspecified atom stereocenters. The number of halogens is 1. The molecule has 26 heavy (non-hydrogen) atoms. The van der Waals surface area contributed by atoms with Crippen molar-refractivity contribution in [2.75, 3.05) is 11.9 Å². The molecule has 1 saturated heterocycles. The third-order valence-corrected chi connectivity index (χ3v) is 4.85. The Bertz CT molecular complexity index is 913. The number of fused-ring (bicyclic) bond motifs is 2. The summed E-state index contributed by atoms with van der Waals surface area (Å²) in [5, 5.41) is 5.33. The summed E-state index contributed by atoms with van der Waals surface area (Å²) in [5.74, 6) is -1.36. The Labute approximate surface area is 149 Å². The van der Waals surface area contributed by atoms with Gasteiger partial charge < -0.3 is 10.6 Å². The van der Waals surface area contributed by atoms with E-state index in [2.05, 4.69) is 10.6 Å². The molecule has 4 rings (SSSR count). The number of anilines is 1. The Morgan fingerprint density at radius 2 is 1.88 bits per heavy atom. The SMILES string of the molecule is O=C(CN1C(=O)N[C@@]2(CCc3ccccc32)C1=O)Nc1ccc(F)cc1. The highest BCUT2D eigenvalue weighted by Crippen LogP contribution is 2.41. The van der Waals surface area contributed by atoms with E-state index in [9.17, 15) is 18.8 Å². The van der Waals surface area contributed by atoms with Crippen molar-refractivity contribution >= 4 is 23.5 Å². The molecule has 6 nitrogen and oxygen atoms in total. The van der Waals surface area contributed by atoms with Crippen molar-refractivity contribution in [3.05, 3.63) is 65.5 Å². The second-order valence-corrected chi connectivity index (χ2v) is 6.44. The molecule has 2 N–H and O–H groups in total. The summed E-state index contributed by atoms with van der Waals surface area (Å²) in [7, 11) is 0. The highest BCUT2D eigenvalue weighted by Gasteiger charge is 2.55. The van der Waals surface area contributed by atoms with Crippen LogP contribution in [0.4, 0.5) is 14.9 Å². The lowest BCUT2D eigenvalue weighted by Crippen LogP contribution is -2.42. The smallest absolute Gasteiger partial charge is 0.325 e. The van der Waals surface area contributed by atoms with E-state index in [-0.39, 0.29) is 0 Å². The van der Waals surface area contributed by atoms with Crippen LogP contribution in [0.5, 0.6) is 0 Å². The highest BCUT2D eigenvalue weighted by atomic mass is 19.1. The molecule has 0 saturated carbocycles. The quantitative estimate of drug-likeness (QED) is 0.830. The number of nitrogens with zero attached hydrogens (tertiary/aromatic N) is 1. The number of hydrogen-bond donors (Lipinski definition) is 2. The molecule has 1 spiro atoms. The van der Waals surface area contributed by atoms with Gasteiger partial charge in [-0.25, -0.2) is 9.18 Å². The number of rotatable bonds is 3. The normalized spacial score (nSPS) is 21.0. The van der Waals surface area contributed by atoms with Crippen molar-refractivity contribution < 1.29 is 18.8 Å². The maximum absolute atomic E-state index is 12.9. The monoisotopic (exact) mass is 353 g/mol. The summed E-state index contributed by atoms with van der Waals surface area (Å²) in [6.45, 7) is -0.397. The first-order valence-corrected chi connectivity index (χ1v) is 8.27. The molecule has 2 aliphatic rings. The van der Waals surface area contributed by atoms with Crippen LogP contribution in [0.1, 0.15) is 17.5 Å². The zero-order valence-electron chi connectivity index (χ0n) is 13.8. The number of amides is 4. The molecule has 2 aromatic rings. The predicted octanol–water partition coefficient (Wildman–Crippen LogP) is 2.16. The molecule has 7 heteroatoms. The minimum absolute atomic E-state index is 0.393. The van der Waals surface area contributed by atoms with Crippen molar-refractivity contribution in [3.8, 4) is 0 Å². The first-order valence-electron chi connectivity index (χ1n) is 8.27. The summed E-state index contributed by atoms with van der Waals surface area (Å²) in [4.78, 5) is 38.4. The van der Waals surface area contributed by atoms with Crippen molar-refractivity contribution in [2.45, 2.75) is 18.4 Å². The van der Waals surface area contributed by atoms with Crippen LogP contribution >= 0.6 is 0 Å². The van der Waals surface area contributed by atoms with Gasteiger partial charge in [-0.1, -0.05) is 24.3 Å². The Balaban J connectivity index is 1.52. The zero-order chi connectivity index (χ0) is 18.3. The zero-order valence-corrected chi connectivity index (χ0v) is 13.8. The first-order chi connectivity index (χ1) is 12.5. The largest absolute Gasteiger partial charge is 0.325 e. The third-order valence-electron chi connectivity index (χ3n) is 4.85. The lowest BCUT2D eigenvalue weighted by atomic mass is 9.92. The standard InChI is InChI=1S/C19H16FN3O3/c20-13-5-7-14(8-6-13)21-16(24)11-23-17(25)19(22-18(23)26)10-9-12-3-1-2-4-15(12)19/h1-8H,9-11H2,(H,21,24)(H,22,26)/t19-/m1/s1. The van der Waals surface area contributed by atoms with Gasteiger partial charge in [-0.05, 0) is 48.2 Å². The maximum atomic E-state index is 12.9. The van der Waals surface area contributed by atoms with Gasteiger partial charge in [0, 0.05) is 5.69 Å². The molecule has 0 radical (unpaired) electrons. The summed E-state index contributed by atoms with van der Waals surface area (Å²) in [6.07, 6.45) is 1.17. The van der Waals surface area contributed by atoms with Gasteiger partial charge in [-0.15, -0.1) is 0 Å². The van der Waals surface area contributed by atoms with Crippen LogP contribution in [0, 0.1) is 5.82 Å². The summed E-state index contributed by atoms with van der Waals surface area (Å²) >= 11 is 0. The molecule has 1 aliphatic carbocycles. The molecule has 4 amide bonds. The minimum atomic E-state index is -1.08. The average molecular weight is 353 g/mol. The predicted molar refractivity (Wildman–Crippen MR) is 91.7 cm³/mol. The van der Waals surface area contributed by atoms with Crippen LogP contribution in [-0.2, 0) is 21.5 Å². The first kappa shape index (κ1) is 16.3. The molecule has 2 aromatic carbocycles. The second-order valence-electron chi connectivity index (χ2n) is 6.44. The maximum Gasteiger partial charge on any atom is 0.325 e. The van der Waals surface area contributed by atoms with E-state index in [0.717, 1.165) is 16.0 Å². The van der Waals surface area contributed by atoms with Crippen LogP contribution in [0.25, 0.3) is 0 Å². The van der Waals surface area contributed by atoms with Crippen molar-refractivity contribution in [2.24, 2.45) is 0 Å². The Morgan fingerprint density at radius 3 is 2.65 bits per heavy atom. The molecule has 132 valence electrons. The number of imide groups is 1. The number of aryl methyl sites for hydroxylation is 1. The van der Waals surface area contributed by atoms with Crippen LogP contribution < -0.4 is 10.6 Å². The van der Waals surface area contributed by atoms with Crippen molar-refractivity contribution in [1.29, 1.82) is 0 Å². The fourth-order valence-electron chi connectivity index (χ4n) is 3.61. The van der Waals surface area contributed by atoms with E-state index in [1.165, 1.54) is 24.3 Å². The number of carbonyl (C=O) groups is 3. The van der Waals surface area contributed by atoms with E-state index < -0.39 is 35.7 Å². The van der Waals surface area contributed by atoms with Gasteiger partial charge >= 0.3 is 6.03 Å². The van der Waals surface area contributed by atoms with Crippen LogP contribution in [0.15, 0.2) is 48.5 Å². The van der Waals surface area contributed by atoms with Crippen molar-refractivity contribution in [3.63, 3.8) is 0 Å². The minimum Gasteiger partial charge on any atom is -0.325 e. The Kier molecular flexibility index (Phi) is 3.72. The molecule has 0 bridgehead atoms. The summed E-state index contributed by atoms with van der Waals surface area (Å²) < 4.78 is 12.9. The summed E-state index contributed by atoms with van der Waals surface area (Å²) in [5.41, 5.74) is 1.13. The van der Waals surface area contributed by atoms with E-state index in [1.54, 1.807) is 0 Å². The number of hydrogen-bond acceptors (Lipinski definition) is 3. The molecule has 0 aromatic heterocycles. The van der Waals surface area contributed by atoms with E-state index in [4.69, 9.17) is 0 Å². The number of benzene rings is 2. The Morgan fingerprint density at radius 1 is 1.15 bits per heavy atom. The molecule has 1 aliphatic heterocycles. The lowest BCUT2D eigenvalue weighted by molar-refractivity contribution is -0.134. The lowest BCUT2D eigenvalue weighted by Gasteiger charge is -2.22. The van der Waals surface area contributed by atoms with E-state index in [0.29, 0.717) is 18.5 Å². The van der Waals surface area contributed by atoms with Gasteiger partial charge in [0.05, 0.1) is 0 Å². The molecule has 1 atom stereocenters. The third kappa shape index (κ3) is 2.52. The topological polar surface area (TPSA) is 78.5 Å². The van der Waals surface area contributed by atoms with E-state index >= 15 is 0 Å². The Hall–Kier alpha value is -3.22. The van der Waals surface area contributed by atoms with Crippen LogP contribution in [0.3, 0.4) is 0 Å². The number of urea groups is 1. The molecular formula is C19H16FN3O3. The molecular weight excluding hydrogens is 337 g/mol. The van der Waals surface area contributed by atoms with Gasteiger partial charge in [0.15, 0.2) is 0 Å². The molecule has 1 heterocycles. The average Bonchev–Trinajstić information content (AvgIpc) is 3.11.